The van der Waals surface area contributed by atoms with Crippen LogP contribution in [0.5, 0.6) is 0 Å². The highest BCUT2D eigenvalue weighted by Gasteiger charge is 2.28. The number of hydrogen-bond acceptors (Lipinski definition) is 1. The van der Waals surface area contributed by atoms with Crippen molar-refractivity contribution >= 4 is 0 Å². The molecular weight excluding hydrogens is 422 g/mol. The first-order valence-corrected chi connectivity index (χ1v) is 12.1. The van der Waals surface area contributed by atoms with Crippen LogP contribution in [0.3, 0.4) is 0 Å². The third-order valence-electron chi connectivity index (χ3n) is 6.48. The molecule has 0 spiro atoms. The molecule has 35 heavy (non-hydrogen) atoms. The molecule has 0 aliphatic carbocycles. The number of nitrogens with zero attached hydrogens (tertiary/aromatic N) is 1. The Morgan fingerprint density at radius 3 is 1.17 bits per heavy atom. The smallest absolute Gasteiger partial charge is 0.100 e. The first-order chi connectivity index (χ1) is 17.2. The second-order valence-corrected chi connectivity index (χ2v) is 9.02. The van der Waals surface area contributed by atoms with Crippen LogP contribution in [-0.2, 0) is 0 Å². The second-order valence-electron chi connectivity index (χ2n) is 9.02. The van der Waals surface area contributed by atoms with E-state index in [-0.39, 0.29) is 5.92 Å². The van der Waals surface area contributed by atoms with Gasteiger partial charge in [-0.25, -0.2) is 0 Å². The van der Waals surface area contributed by atoms with Gasteiger partial charge < -0.3 is 0 Å². The summed E-state index contributed by atoms with van der Waals surface area (Å²) >= 11 is 0. The number of rotatable bonds is 5. The Bertz CT molecular complexity index is 1480. The van der Waals surface area contributed by atoms with Gasteiger partial charge in [-0.1, -0.05) is 135 Å². The zero-order valence-electron chi connectivity index (χ0n) is 20.1. The van der Waals surface area contributed by atoms with Crippen molar-refractivity contribution in [3.05, 3.63) is 132 Å². The topological polar surface area (TPSA) is 23.8 Å². The Kier molecular flexibility index (Phi) is 6.29. The average molecular weight is 450 g/mol. The van der Waals surface area contributed by atoms with E-state index in [1.165, 1.54) is 11.1 Å². The minimum absolute atomic E-state index is 0.208. The SMILES string of the molecule is CC(C)c1c(-c2ccccc2)c(C#N)c(-c2ccccc2)c(-c2ccccc2)c1-c1ccccc1. The second kappa shape index (κ2) is 9.84. The Morgan fingerprint density at radius 1 is 0.457 bits per heavy atom. The molecule has 5 rings (SSSR count). The normalized spacial score (nSPS) is 10.8. The van der Waals surface area contributed by atoms with Crippen molar-refractivity contribution < 1.29 is 0 Å². The molecule has 0 fully saturated rings. The summed E-state index contributed by atoms with van der Waals surface area (Å²) in [5.74, 6) is 0.208. The van der Waals surface area contributed by atoms with Crippen LogP contribution in [-0.4, -0.2) is 0 Å². The van der Waals surface area contributed by atoms with E-state index in [1.54, 1.807) is 0 Å². The van der Waals surface area contributed by atoms with Crippen LogP contribution < -0.4 is 0 Å². The van der Waals surface area contributed by atoms with Gasteiger partial charge in [0.1, 0.15) is 6.07 Å². The molecule has 0 heterocycles. The van der Waals surface area contributed by atoms with Crippen molar-refractivity contribution in [1.29, 1.82) is 5.26 Å². The van der Waals surface area contributed by atoms with Gasteiger partial charge in [0.25, 0.3) is 0 Å². The van der Waals surface area contributed by atoms with Gasteiger partial charge in [-0.2, -0.15) is 5.26 Å². The summed E-state index contributed by atoms with van der Waals surface area (Å²) in [6.45, 7) is 4.46. The monoisotopic (exact) mass is 449 g/mol. The average Bonchev–Trinajstić information content (AvgIpc) is 2.93. The van der Waals surface area contributed by atoms with E-state index in [1.807, 2.05) is 30.3 Å². The van der Waals surface area contributed by atoms with Crippen LogP contribution in [0.4, 0.5) is 0 Å². The van der Waals surface area contributed by atoms with Gasteiger partial charge in [0.15, 0.2) is 0 Å². The molecule has 168 valence electrons. The van der Waals surface area contributed by atoms with Crippen molar-refractivity contribution in [2.24, 2.45) is 0 Å². The van der Waals surface area contributed by atoms with Gasteiger partial charge in [-0.3, -0.25) is 0 Å². The van der Waals surface area contributed by atoms with Gasteiger partial charge in [-0.15, -0.1) is 0 Å². The lowest BCUT2D eigenvalue weighted by molar-refractivity contribution is 0.871. The van der Waals surface area contributed by atoms with Gasteiger partial charge >= 0.3 is 0 Å². The van der Waals surface area contributed by atoms with Crippen molar-refractivity contribution in [2.45, 2.75) is 19.8 Å². The summed E-state index contributed by atoms with van der Waals surface area (Å²) in [7, 11) is 0. The van der Waals surface area contributed by atoms with Gasteiger partial charge in [-0.05, 0) is 44.9 Å². The summed E-state index contributed by atoms with van der Waals surface area (Å²) in [6, 6.07) is 44.5. The Morgan fingerprint density at radius 2 is 0.800 bits per heavy atom. The minimum Gasteiger partial charge on any atom is -0.192 e. The summed E-state index contributed by atoms with van der Waals surface area (Å²) in [5.41, 5.74) is 10.7. The van der Waals surface area contributed by atoms with E-state index in [2.05, 4.69) is 111 Å². The Labute approximate surface area is 208 Å². The van der Waals surface area contributed by atoms with E-state index in [9.17, 15) is 5.26 Å². The lowest BCUT2D eigenvalue weighted by Crippen LogP contribution is -2.05. The molecule has 0 aliphatic rings. The standard InChI is InChI=1S/C34H27N/c1-24(2)30-31(25-15-7-3-8-16-25)29(23-35)32(26-17-9-4-10-18-26)34(28-21-13-6-14-22-28)33(30)27-19-11-5-12-20-27/h3-22,24H,1-2H3. The molecule has 0 aromatic heterocycles. The number of nitriles is 1. The molecule has 5 aromatic rings. The fraction of sp³-hybridized carbons (Fsp3) is 0.0882. The number of benzene rings is 5. The summed E-state index contributed by atoms with van der Waals surface area (Å²) < 4.78 is 0. The zero-order valence-corrected chi connectivity index (χ0v) is 20.1. The molecule has 1 heteroatoms. The van der Waals surface area contributed by atoms with Crippen molar-refractivity contribution in [3.8, 4) is 50.6 Å². The number of hydrogen-bond donors (Lipinski definition) is 0. The van der Waals surface area contributed by atoms with Crippen LogP contribution in [0.15, 0.2) is 121 Å². The molecule has 0 radical (unpaired) electrons. The molecular formula is C34H27N. The van der Waals surface area contributed by atoms with Crippen LogP contribution >= 0.6 is 0 Å². The molecule has 0 unspecified atom stereocenters. The third kappa shape index (κ3) is 4.16. The molecule has 0 aliphatic heterocycles. The highest BCUT2D eigenvalue weighted by molar-refractivity contribution is 6.03. The van der Waals surface area contributed by atoms with Crippen LogP contribution in [0.25, 0.3) is 44.5 Å². The van der Waals surface area contributed by atoms with Gasteiger partial charge in [0, 0.05) is 11.1 Å². The molecule has 0 saturated heterocycles. The maximum atomic E-state index is 10.7. The fourth-order valence-electron chi connectivity index (χ4n) is 5.05. The molecule has 0 bridgehead atoms. The largest absolute Gasteiger partial charge is 0.192 e. The minimum atomic E-state index is 0.208. The summed E-state index contributed by atoms with van der Waals surface area (Å²) in [4.78, 5) is 0. The van der Waals surface area contributed by atoms with Crippen LogP contribution in [0, 0.1) is 11.3 Å². The molecule has 0 atom stereocenters. The first-order valence-electron chi connectivity index (χ1n) is 12.1. The van der Waals surface area contributed by atoms with Crippen LogP contribution in [0.1, 0.15) is 30.9 Å². The first kappa shape index (κ1) is 22.4. The van der Waals surface area contributed by atoms with E-state index in [0.29, 0.717) is 0 Å². The quantitative estimate of drug-likeness (QED) is 0.262. The van der Waals surface area contributed by atoms with E-state index >= 15 is 0 Å². The Hall–Kier alpha value is -4.41. The van der Waals surface area contributed by atoms with Crippen molar-refractivity contribution in [2.75, 3.05) is 0 Å². The molecule has 0 saturated carbocycles. The molecule has 1 nitrogen and oxygen atoms in total. The molecule has 0 N–H and O–H groups in total. The lowest BCUT2D eigenvalue weighted by atomic mass is 9.75. The van der Waals surface area contributed by atoms with E-state index in [4.69, 9.17) is 0 Å². The third-order valence-corrected chi connectivity index (χ3v) is 6.48. The Balaban J connectivity index is 2.08. The highest BCUT2D eigenvalue weighted by atomic mass is 14.3. The van der Waals surface area contributed by atoms with Crippen molar-refractivity contribution in [3.63, 3.8) is 0 Å². The van der Waals surface area contributed by atoms with Crippen molar-refractivity contribution in [1.82, 2.24) is 0 Å². The van der Waals surface area contributed by atoms with E-state index in [0.717, 1.165) is 44.5 Å². The highest BCUT2D eigenvalue weighted by Crippen LogP contribution is 2.50. The predicted molar refractivity (Wildman–Crippen MR) is 147 cm³/mol. The zero-order chi connectivity index (χ0) is 24.2. The van der Waals surface area contributed by atoms with Gasteiger partial charge in [0.05, 0.1) is 5.56 Å². The van der Waals surface area contributed by atoms with E-state index < -0.39 is 0 Å². The summed E-state index contributed by atoms with van der Waals surface area (Å²) in [5, 5.41) is 10.7. The lowest BCUT2D eigenvalue weighted by Gasteiger charge is -2.27. The van der Waals surface area contributed by atoms with Gasteiger partial charge in [0.2, 0.25) is 0 Å². The van der Waals surface area contributed by atoms with Crippen LogP contribution in [0.2, 0.25) is 0 Å². The molecule has 0 amide bonds. The predicted octanol–water partition coefficient (Wildman–Crippen LogP) is 9.35. The molecule has 5 aromatic carbocycles. The summed E-state index contributed by atoms with van der Waals surface area (Å²) in [6.07, 6.45) is 0. The fourth-order valence-corrected chi connectivity index (χ4v) is 5.05. The maximum absolute atomic E-state index is 10.7. The maximum Gasteiger partial charge on any atom is 0.100 e.